The van der Waals surface area contributed by atoms with Crippen molar-refractivity contribution in [3.63, 3.8) is 0 Å². The second kappa shape index (κ2) is 11.8. The van der Waals surface area contributed by atoms with E-state index in [1.54, 1.807) is 11.1 Å². The fourth-order valence-corrected chi connectivity index (χ4v) is 4.31. The minimum Gasteiger partial charge on any atom is -0.0853 e. The summed E-state index contributed by atoms with van der Waals surface area (Å²) in [6, 6.07) is 0. The van der Waals surface area contributed by atoms with Crippen LogP contribution in [-0.4, -0.2) is 0 Å². The average Bonchev–Trinajstić information content (AvgIpc) is 2.60. The lowest BCUT2D eigenvalue weighted by Crippen LogP contribution is -2.22. The molecule has 147 valence electrons. The number of hydrogen-bond acceptors (Lipinski definition) is 0. The van der Waals surface area contributed by atoms with E-state index in [1.807, 2.05) is 0 Å². The molecule has 0 aromatic carbocycles. The van der Waals surface area contributed by atoms with Crippen LogP contribution in [0.2, 0.25) is 0 Å². The molecule has 0 saturated heterocycles. The smallest absolute Gasteiger partial charge is 0.00980 e. The molecule has 0 aromatic rings. The predicted octanol–water partition coefficient (Wildman–Crippen LogP) is 8.75. The first-order chi connectivity index (χ1) is 12.6. The lowest BCUT2D eigenvalue weighted by molar-refractivity contribution is 0.261. The lowest BCUT2D eigenvalue weighted by atomic mass is 9.73. The van der Waals surface area contributed by atoms with Crippen LogP contribution in [0.3, 0.4) is 0 Å². The molecule has 0 heterocycles. The molecule has 2 aliphatic rings. The van der Waals surface area contributed by atoms with Gasteiger partial charge in [0.1, 0.15) is 0 Å². The molecule has 0 nitrogen and oxygen atoms in total. The molecular weight excluding hydrogens is 312 g/mol. The van der Waals surface area contributed by atoms with Crippen LogP contribution in [0.1, 0.15) is 111 Å². The third-order valence-electron chi connectivity index (χ3n) is 6.22. The Morgan fingerprint density at radius 2 is 1.58 bits per heavy atom. The van der Waals surface area contributed by atoms with E-state index in [4.69, 9.17) is 0 Å². The van der Waals surface area contributed by atoms with Crippen LogP contribution in [0, 0.1) is 17.8 Å². The number of hydrogen-bond donors (Lipinski definition) is 0. The molecule has 0 bridgehead atoms. The van der Waals surface area contributed by atoms with Crippen LogP contribution in [0.15, 0.2) is 35.5 Å². The van der Waals surface area contributed by atoms with E-state index in [0.29, 0.717) is 11.3 Å². The Bertz CT molecular complexity index is 469. The summed E-state index contributed by atoms with van der Waals surface area (Å²) in [5.74, 6) is 0.679. The number of allylic oxidation sites excluding steroid dienone is 6. The minimum absolute atomic E-state index is 0.351. The molecular formula is C26H43. The molecule has 0 N–H and O–H groups in total. The molecule has 0 amide bonds. The van der Waals surface area contributed by atoms with Crippen molar-refractivity contribution in [2.75, 3.05) is 0 Å². The monoisotopic (exact) mass is 355 g/mol. The quantitative estimate of drug-likeness (QED) is 0.432. The van der Waals surface area contributed by atoms with Gasteiger partial charge < -0.3 is 0 Å². The summed E-state index contributed by atoms with van der Waals surface area (Å²) >= 11 is 0. The van der Waals surface area contributed by atoms with Crippen LogP contribution in [0.4, 0.5) is 0 Å². The zero-order valence-corrected chi connectivity index (χ0v) is 17.9. The van der Waals surface area contributed by atoms with Crippen LogP contribution < -0.4 is 0 Å². The molecule has 0 saturated carbocycles. The molecule has 1 atom stereocenters. The van der Waals surface area contributed by atoms with E-state index in [9.17, 15) is 0 Å². The van der Waals surface area contributed by atoms with Gasteiger partial charge >= 0.3 is 0 Å². The second-order valence-corrected chi connectivity index (χ2v) is 9.62. The third kappa shape index (κ3) is 8.74. The highest BCUT2D eigenvalue weighted by molar-refractivity contribution is 5.22. The zero-order valence-electron chi connectivity index (χ0n) is 17.9. The fraction of sp³-hybridized carbons (Fsp3) is 0.731. The number of rotatable bonds is 5. The highest BCUT2D eigenvalue weighted by Crippen LogP contribution is 2.37. The van der Waals surface area contributed by atoms with Gasteiger partial charge in [0.25, 0.3) is 0 Å². The van der Waals surface area contributed by atoms with Crippen molar-refractivity contribution in [1.29, 1.82) is 0 Å². The van der Waals surface area contributed by atoms with Gasteiger partial charge in [-0.25, -0.2) is 0 Å². The van der Waals surface area contributed by atoms with Gasteiger partial charge in [-0.3, -0.25) is 0 Å². The Labute approximate surface area is 164 Å². The van der Waals surface area contributed by atoms with E-state index in [2.05, 4.69) is 51.5 Å². The molecule has 1 unspecified atom stereocenters. The summed E-state index contributed by atoms with van der Waals surface area (Å²) in [5.41, 5.74) is 3.66. The fourth-order valence-electron chi connectivity index (χ4n) is 4.31. The summed E-state index contributed by atoms with van der Waals surface area (Å²) in [6.45, 7) is 7.28. The van der Waals surface area contributed by atoms with Crippen molar-refractivity contribution in [3.05, 3.63) is 41.9 Å². The summed E-state index contributed by atoms with van der Waals surface area (Å²) < 4.78 is 0. The van der Waals surface area contributed by atoms with Gasteiger partial charge in [0, 0.05) is 0 Å². The average molecular weight is 356 g/mol. The van der Waals surface area contributed by atoms with Crippen LogP contribution in [-0.2, 0) is 0 Å². The Morgan fingerprint density at radius 3 is 2.31 bits per heavy atom. The minimum atomic E-state index is 0.351. The molecule has 0 spiro atoms. The Morgan fingerprint density at radius 1 is 0.885 bits per heavy atom. The Hall–Kier alpha value is -0.780. The molecule has 26 heavy (non-hydrogen) atoms. The van der Waals surface area contributed by atoms with Gasteiger partial charge in [-0.15, -0.1) is 0 Å². The first-order valence-electron chi connectivity index (χ1n) is 11.4. The molecule has 1 radical (unpaired) electrons. The van der Waals surface area contributed by atoms with Gasteiger partial charge in [0.05, 0.1) is 0 Å². The van der Waals surface area contributed by atoms with Gasteiger partial charge in [0.2, 0.25) is 0 Å². The van der Waals surface area contributed by atoms with E-state index in [-0.39, 0.29) is 0 Å². The van der Waals surface area contributed by atoms with Crippen molar-refractivity contribution in [3.8, 4) is 0 Å². The second-order valence-electron chi connectivity index (χ2n) is 9.62. The van der Waals surface area contributed by atoms with Gasteiger partial charge in [-0.2, -0.15) is 0 Å². The van der Waals surface area contributed by atoms with Gasteiger partial charge in [-0.1, -0.05) is 81.9 Å². The van der Waals surface area contributed by atoms with E-state index in [0.717, 1.165) is 0 Å². The maximum atomic E-state index is 2.64. The molecule has 2 rings (SSSR count). The Kier molecular flexibility index (Phi) is 9.79. The van der Waals surface area contributed by atoms with Crippen LogP contribution in [0.25, 0.3) is 0 Å². The maximum Gasteiger partial charge on any atom is -0.00980 e. The summed E-state index contributed by atoms with van der Waals surface area (Å²) in [5, 5.41) is 0. The van der Waals surface area contributed by atoms with Gasteiger partial charge in [0.15, 0.2) is 0 Å². The van der Waals surface area contributed by atoms with Gasteiger partial charge in [-0.05, 0) is 82.0 Å². The highest BCUT2D eigenvalue weighted by Gasteiger charge is 2.25. The molecule has 0 aromatic heterocycles. The van der Waals surface area contributed by atoms with E-state index < -0.39 is 0 Å². The van der Waals surface area contributed by atoms with Crippen molar-refractivity contribution in [1.82, 2.24) is 0 Å². The molecule has 0 aliphatic heterocycles. The summed E-state index contributed by atoms with van der Waals surface area (Å²) in [7, 11) is 0. The summed E-state index contributed by atoms with van der Waals surface area (Å²) in [4.78, 5) is 0. The summed E-state index contributed by atoms with van der Waals surface area (Å²) in [6.07, 6.45) is 31.3. The van der Waals surface area contributed by atoms with Crippen LogP contribution >= 0.6 is 0 Å². The largest absolute Gasteiger partial charge is 0.0853 e. The maximum absolute atomic E-state index is 2.64. The molecule has 0 fully saturated rings. The SMILES string of the molecule is CC(C)(C)C([CH]/C1=C/C=C/CCCCCCCC1)CCC1=CCCCC1. The standard InChI is InChI=1S/C26H43/c1-26(2,3)25(21-20-23-16-14-11-15-17-23)22-24-18-12-9-7-5-4-6-8-10-13-19-24/h9,12,16,18,22,25H,4-8,10-11,13-15,17,19-21H2,1-3H3/b12-9+,24-18+. The zero-order chi connectivity index (χ0) is 18.7. The predicted molar refractivity (Wildman–Crippen MR) is 117 cm³/mol. The van der Waals surface area contributed by atoms with Crippen LogP contribution in [0.5, 0.6) is 0 Å². The highest BCUT2D eigenvalue weighted by atomic mass is 14.3. The normalized spacial score (nSPS) is 25.2. The third-order valence-corrected chi connectivity index (χ3v) is 6.22. The first-order valence-corrected chi connectivity index (χ1v) is 11.4. The Balaban J connectivity index is 1.97. The van der Waals surface area contributed by atoms with E-state index in [1.165, 1.54) is 89.9 Å². The van der Waals surface area contributed by atoms with Crippen molar-refractivity contribution >= 4 is 0 Å². The molecule has 2 aliphatic carbocycles. The van der Waals surface area contributed by atoms with Crippen molar-refractivity contribution in [2.45, 2.75) is 111 Å². The topological polar surface area (TPSA) is 0 Å². The molecule has 0 heteroatoms. The van der Waals surface area contributed by atoms with Crippen molar-refractivity contribution in [2.24, 2.45) is 11.3 Å². The lowest BCUT2D eigenvalue weighted by Gasteiger charge is -2.32. The first kappa shape index (κ1) is 21.5. The van der Waals surface area contributed by atoms with Crippen molar-refractivity contribution < 1.29 is 0 Å². The van der Waals surface area contributed by atoms with E-state index >= 15 is 0 Å².